The molecule has 5 aliphatic rings. The summed E-state index contributed by atoms with van der Waals surface area (Å²) in [5.74, 6) is 4.00. The van der Waals surface area contributed by atoms with Crippen LogP contribution in [-0.2, 0) is 4.79 Å². The first-order valence-corrected chi connectivity index (χ1v) is 10.4. The van der Waals surface area contributed by atoms with Gasteiger partial charge in [0.1, 0.15) is 0 Å². The molecule has 4 saturated carbocycles. The van der Waals surface area contributed by atoms with Crippen LogP contribution in [0.5, 0.6) is 0 Å². The average Bonchev–Trinajstić information content (AvgIpc) is 2.96. The quantitative estimate of drug-likeness (QED) is 0.710. The summed E-state index contributed by atoms with van der Waals surface area (Å²) in [7, 11) is 0. The highest BCUT2D eigenvalue weighted by Crippen LogP contribution is 2.69. The lowest BCUT2D eigenvalue weighted by Gasteiger charge is -2.61. The van der Waals surface area contributed by atoms with Gasteiger partial charge < -0.3 is 5.11 Å². The molecule has 0 aliphatic heterocycles. The van der Waals surface area contributed by atoms with Gasteiger partial charge >= 0.3 is 0 Å². The second kappa shape index (κ2) is 5.19. The van der Waals surface area contributed by atoms with Crippen LogP contribution < -0.4 is 0 Å². The Morgan fingerprint density at radius 3 is 2.79 bits per heavy atom. The molecule has 0 amide bonds. The summed E-state index contributed by atoms with van der Waals surface area (Å²) in [6.45, 7) is 2.55. The first-order chi connectivity index (χ1) is 11.5. The van der Waals surface area contributed by atoms with Crippen molar-refractivity contribution in [3.63, 3.8) is 0 Å². The summed E-state index contributed by atoms with van der Waals surface area (Å²) in [4.78, 5) is 12.5. The highest BCUT2D eigenvalue weighted by Gasteiger charge is 2.62. The van der Waals surface area contributed by atoms with Crippen LogP contribution in [0.2, 0.25) is 0 Å². The van der Waals surface area contributed by atoms with Gasteiger partial charge in [0.2, 0.25) is 0 Å². The molecule has 0 aromatic carbocycles. The Bertz CT molecular complexity index is 581. The number of carbonyl (C=O) groups excluding carboxylic acids is 1. The van der Waals surface area contributed by atoms with E-state index in [0.717, 1.165) is 49.4 Å². The van der Waals surface area contributed by atoms with Crippen LogP contribution in [0.15, 0.2) is 12.2 Å². The normalized spacial score (nSPS) is 56.2. The number of rotatable bonds is 0. The van der Waals surface area contributed by atoms with E-state index < -0.39 is 0 Å². The topological polar surface area (TPSA) is 37.3 Å². The molecule has 0 radical (unpaired) electrons. The zero-order chi connectivity index (χ0) is 16.5. The van der Waals surface area contributed by atoms with Crippen molar-refractivity contribution in [2.24, 2.45) is 40.4 Å². The van der Waals surface area contributed by atoms with Gasteiger partial charge in [0, 0.05) is 5.92 Å². The van der Waals surface area contributed by atoms with Crippen molar-refractivity contribution in [1.82, 2.24) is 0 Å². The Kier molecular flexibility index (Phi) is 3.38. The van der Waals surface area contributed by atoms with Gasteiger partial charge in [-0.15, -0.1) is 0 Å². The third kappa shape index (κ3) is 1.90. The van der Waals surface area contributed by atoms with Crippen molar-refractivity contribution >= 4 is 5.78 Å². The Balaban J connectivity index is 1.47. The van der Waals surface area contributed by atoms with Gasteiger partial charge in [0.05, 0.1) is 6.10 Å². The van der Waals surface area contributed by atoms with Crippen molar-refractivity contribution in [1.29, 1.82) is 0 Å². The number of carbonyl (C=O) groups is 1. The molecule has 0 heterocycles. The minimum absolute atomic E-state index is 0.0495. The smallest absolute Gasteiger partial charge is 0.159 e. The molecule has 4 fully saturated rings. The predicted molar refractivity (Wildman–Crippen MR) is 94.3 cm³/mol. The SMILES string of the molecule is C[C@]12CC[C@@H](O)C[C@H]1CC[C@@H]1[C@@H]2CC[C@@]23CC=CC(=O)[C@H]2CC[C@@H]13. The number of aliphatic hydroxyl groups excluding tert-OH is 1. The van der Waals surface area contributed by atoms with E-state index in [2.05, 4.69) is 13.0 Å². The maximum absolute atomic E-state index is 12.5. The van der Waals surface area contributed by atoms with E-state index in [1.807, 2.05) is 6.08 Å². The fraction of sp³-hybridized carbons (Fsp3) is 0.864. The van der Waals surface area contributed by atoms with Gasteiger partial charge in [-0.2, -0.15) is 0 Å². The van der Waals surface area contributed by atoms with Gasteiger partial charge in [-0.25, -0.2) is 0 Å². The zero-order valence-electron chi connectivity index (χ0n) is 15.0. The summed E-state index contributed by atoms with van der Waals surface area (Å²) >= 11 is 0. The number of ketones is 1. The fourth-order valence-electron chi connectivity index (χ4n) is 8.38. The molecule has 0 saturated heterocycles. The molecule has 0 unspecified atom stereocenters. The predicted octanol–water partition coefficient (Wildman–Crippen LogP) is 4.52. The summed E-state index contributed by atoms with van der Waals surface area (Å²) in [6.07, 6.45) is 16.2. The first-order valence-electron chi connectivity index (χ1n) is 10.4. The van der Waals surface area contributed by atoms with Gasteiger partial charge in [-0.1, -0.05) is 13.0 Å². The molecule has 5 rings (SSSR count). The third-order valence-corrected chi connectivity index (χ3v) is 9.48. The second-order valence-corrected chi connectivity index (χ2v) is 10.00. The van der Waals surface area contributed by atoms with E-state index in [4.69, 9.17) is 0 Å². The standard InChI is InChI=1S/C22H32O2/c1-21-11-8-15(23)13-14(21)4-5-16-17(21)9-12-22-10-2-3-20(24)19(22)7-6-18(16)22/h2-3,14-19,23H,4-13H2,1H3/t14-,15-,16-,17+,18+,19-,21+,22-/m1/s1. The highest BCUT2D eigenvalue weighted by molar-refractivity contribution is 5.93. The van der Waals surface area contributed by atoms with Crippen LogP contribution in [0.4, 0.5) is 0 Å². The van der Waals surface area contributed by atoms with Gasteiger partial charge in [0.15, 0.2) is 5.78 Å². The summed E-state index contributed by atoms with van der Waals surface area (Å²) in [6, 6.07) is 0. The van der Waals surface area contributed by atoms with Crippen LogP contribution >= 0.6 is 0 Å². The molecule has 0 bridgehead atoms. The Morgan fingerprint density at radius 1 is 1.04 bits per heavy atom. The van der Waals surface area contributed by atoms with E-state index in [-0.39, 0.29) is 6.10 Å². The Morgan fingerprint density at radius 2 is 1.92 bits per heavy atom. The van der Waals surface area contributed by atoms with Gasteiger partial charge in [-0.05, 0) is 105 Å². The second-order valence-electron chi connectivity index (χ2n) is 10.00. The fourth-order valence-corrected chi connectivity index (χ4v) is 8.38. The number of aliphatic hydroxyl groups is 1. The van der Waals surface area contributed by atoms with E-state index in [9.17, 15) is 9.90 Å². The molecule has 0 aromatic rings. The molecule has 8 atom stereocenters. The number of fused-ring (bicyclic) bond motifs is 4. The number of hydrogen-bond donors (Lipinski definition) is 1. The molecule has 2 heteroatoms. The van der Waals surface area contributed by atoms with Crippen molar-refractivity contribution in [2.45, 2.75) is 77.2 Å². The van der Waals surface area contributed by atoms with Crippen molar-refractivity contribution in [2.75, 3.05) is 0 Å². The lowest BCUT2D eigenvalue weighted by Crippen LogP contribution is -2.55. The number of allylic oxidation sites excluding steroid dienone is 2. The monoisotopic (exact) mass is 328 g/mol. The molecule has 1 N–H and O–H groups in total. The van der Waals surface area contributed by atoms with Crippen LogP contribution in [0.3, 0.4) is 0 Å². The van der Waals surface area contributed by atoms with Crippen LogP contribution in [0.1, 0.15) is 71.1 Å². The minimum atomic E-state index is -0.0495. The lowest BCUT2D eigenvalue weighted by molar-refractivity contribution is -0.140. The van der Waals surface area contributed by atoms with Crippen LogP contribution in [0, 0.1) is 40.4 Å². The summed E-state index contributed by atoms with van der Waals surface area (Å²) in [5.41, 5.74) is 0.779. The summed E-state index contributed by atoms with van der Waals surface area (Å²) in [5, 5.41) is 10.1. The molecule has 1 spiro atoms. The molecular weight excluding hydrogens is 296 g/mol. The average molecular weight is 328 g/mol. The maximum atomic E-state index is 12.5. The molecule has 24 heavy (non-hydrogen) atoms. The molecule has 5 aliphatic carbocycles. The minimum Gasteiger partial charge on any atom is -0.393 e. The van der Waals surface area contributed by atoms with E-state index in [1.54, 1.807) is 0 Å². The van der Waals surface area contributed by atoms with Crippen molar-refractivity contribution in [3.8, 4) is 0 Å². The largest absolute Gasteiger partial charge is 0.393 e. The molecular formula is C22H32O2. The summed E-state index contributed by atoms with van der Waals surface area (Å²) < 4.78 is 0. The highest BCUT2D eigenvalue weighted by atomic mass is 16.3. The van der Waals surface area contributed by atoms with Gasteiger partial charge in [-0.3, -0.25) is 4.79 Å². The van der Waals surface area contributed by atoms with E-state index >= 15 is 0 Å². The van der Waals surface area contributed by atoms with Crippen molar-refractivity contribution < 1.29 is 9.90 Å². The Hall–Kier alpha value is -0.630. The maximum Gasteiger partial charge on any atom is 0.159 e. The zero-order valence-corrected chi connectivity index (χ0v) is 15.0. The lowest BCUT2D eigenvalue weighted by atomic mass is 9.43. The molecule has 0 aromatic heterocycles. The van der Waals surface area contributed by atoms with Crippen LogP contribution in [0.25, 0.3) is 0 Å². The molecule has 132 valence electrons. The van der Waals surface area contributed by atoms with E-state index in [0.29, 0.717) is 22.5 Å². The molecule has 2 nitrogen and oxygen atoms in total. The third-order valence-electron chi connectivity index (χ3n) is 9.48. The van der Waals surface area contributed by atoms with Crippen molar-refractivity contribution in [3.05, 3.63) is 12.2 Å². The van der Waals surface area contributed by atoms with Crippen LogP contribution in [-0.4, -0.2) is 17.0 Å². The first kappa shape index (κ1) is 15.6. The van der Waals surface area contributed by atoms with E-state index in [1.165, 1.54) is 38.5 Å². The number of hydrogen-bond acceptors (Lipinski definition) is 2. The van der Waals surface area contributed by atoms with Gasteiger partial charge in [0.25, 0.3) is 0 Å². The Labute approximate surface area is 146 Å².